The summed E-state index contributed by atoms with van der Waals surface area (Å²) in [5.74, 6) is -0.324. The van der Waals surface area contributed by atoms with Crippen molar-refractivity contribution in [1.29, 1.82) is 0 Å². The summed E-state index contributed by atoms with van der Waals surface area (Å²) < 4.78 is 41.5. The van der Waals surface area contributed by atoms with E-state index in [1.807, 2.05) is 0 Å². The molecule has 1 rings (SSSR count). The summed E-state index contributed by atoms with van der Waals surface area (Å²) in [5, 5.41) is 0. The molecule has 0 atom stereocenters. The van der Waals surface area contributed by atoms with E-state index in [4.69, 9.17) is 4.74 Å². The number of ketones is 1. The lowest BCUT2D eigenvalue weighted by molar-refractivity contribution is -0.137. The van der Waals surface area contributed by atoms with Crippen LogP contribution in [0.15, 0.2) is 24.3 Å². The SMILES string of the molecule is CCOCC(=O)c1ccc(C(F)(F)F)cc1. The first-order valence-electron chi connectivity index (χ1n) is 4.73. The van der Waals surface area contributed by atoms with Gasteiger partial charge in [0.05, 0.1) is 5.56 Å². The molecule has 0 aliphatic heterocycles. The van der Waals surface area contributed by atoms with Crippen LogP contribution >= 0.6 is 0 Å². The Bertz CT molecular complexity index is 354. The Morgan fingerprint density at radius 1 is 1.25 bits per heavy atom. The van der Waals surface area contributed by atoms with Crippen molar-refractivity contribution in [2.24, 2.45) is 0 Å². The van der Waals surface area contributed by atoms with Crippen molar-refractivity contribution in [3.05, 3.63) is 35.4 Å². The fourth-order valence-corrected chi connectivity index (χ4v) is 1.12. The Kier molecular flexibility index (Phi) is 4.06. The average Bonchev–Trinajstić information content (AvgIpc) is 2.25. The van der Waals surface area contributed by atoms with Gasteiger partial charge in [0.25, 0.3) is 0 Å². The second kappa shape index (κ2) is 5.12. The van der Waals surface area contributed by atoms with E-state index < -0.39 is 11.7 Å². The molecular formula is C11H11F3O2. The predicted molar refractivity (Wildman–Crippen MR) is 52.3 cm³/mol. The van der Waals surface area contributed by atoms with Crippen LogP contribution in [0.2, 0.25) is 0 Å². The molecule has 1 aromatic carbocycles. The molecule has 2 nitrogen and oxygen atoms in total. The summed E-state index contributed by atoms with van der Waals surface area (Å²) >= 11 is 0. The van der Waals surface area contributed by atoms with Gasteiger partial charge in [-0.25, -0.2) is 0 Å². The number of benzene rings is 1. The standard InChI is InChI=1S/C11H11F3O2/c1-2-16-7-10(15)8-3-5-9(6-4-8)11(12,13)14/h3-6H,2,7H2,1H3. The number of carbonyl (C=O) groups is 1. The number of alkyl halides is 3. The van der Waals surface area contributed by atoms with Crippen LogP contribution in [-0.2, 0) is 10.9 Å². The number of ether oxygens (including phenoxy) is 1. The Balaban J connectivity index is 2.75. The van der Waals surface area contributed by atoms with Gasteiger partial charge in [0.15, 0.2) is 5.78 Å². The number of rotatable bonds is 4. The minimum atomic E-state index is -4.37. The summed E-state index contributed by atoms with van der Waals surface area (Å²) in [7, 11) is 0. The highest BCUT2D eigenvalue weighted by Gasteiger charge is 2.30. The van der Waals surface area contributed by atoms with Crippen LogP contribution in [0.3, 0.4) is 0 Å². The highest BCUT2D eigenvalue weighted by atomic mass is 19.4. The number of carbonyl (C=O) groups excluding carboxylic acids is 1. The van der Waals surface area contributed by atoms with Crippen LogP contribution in [0.4, 0.5) is 13.2 Å². The van der Waals surface area contributed by atoms with Crippen molar-refractivity contribution >= 4 is 5.78 Å². The molecule has 88 valence electrons. The van der Waals surface area contributed by atoms with Crippen LogP contribution in [0.25, 0.3) is 0 Å². The van der Waals surface area contributed by atoms with Crippen LogP contribution in [0, 0.1) is 0 Å². The maximum Gasteiger partial charge on any atom is 0.416 e. The maximum absolute atomic E-state index is 12.2. The molecule has 0 fully saturated rings. The van der Waals surface area contributed by atoms with Gasteiger partial charge in [0.1, 0.15) is 6.61 Å². The van der Waals surface area contributed by atoms with E-state index in [0.717, 1.165) is 24.3 Å². The van der Waals surface area contributed by atoms with E-state index in [-0.39, 0.29) is 18.0 Å². The molecule has 0 N–H and O–H groups in total. The van der Waals surface area contributed by atoms with Crippen molar-refractivity contribution in [2.75, 3.05) is 13.2 Å². The number of halogens is 3. The Morgan fingerprint density at radius 2 is 1.81 bits per heavy atom. The fourth-order valence-electron chi connectivity index (χ4n) is 1.12. The smallest absolute Gasteiger partial charge is 0.374 e. The Morgan fingerprint density at radius 3 is 2.25 bits per heavy atom. The van der Waals surface area contributed by atoms with Gasteiger partial charge in [0, 0.05) is 12.2 Å². The van der Waals surface area contributed by atoms with Gasteiger partial charge in [0.2, 0.25) is 0 Å². The van der Waals surface area contributed by atoms with Crippen molar-refractivity contribution in [3.63, 3.8) is 0 Å². The first-order chi connectivity index (χ1) is 7.45. The van der Waals surface area contributed by atoms with Gasteiger partial charge in [-0.3, -0.25) is 4.79 Å². The third-order valence-corrected chi connectivity index (χ3v) is 1.97. The molecule has 0 aliphatic rings. The Hall–Kier alpha value is -1.36. The van der Waals surface area contributed by atoms with E-state index in [1.165, 1.54) is 0 Å². The average molecular weight is 232 g/mol. The van der Waals surface area contributed by atoms with Gasteiger partial charge in [-0.1, -0.05) is 12.1 Å². The summed E-state index contributed by atoms with van der Waals surface area (Å²) in [6, 6.07) is 4.09. The summed E-state index contributed by atoms with van der Waals surface area (Å²) in [5.41, 5.74) is -0.540. The van der Waals surface area contributed by atoms with Gasteiger partial charge in [-0.05, 0) is 19.1 Å². The lowest BCUT2D eigenvalue weighted by Crippen LogP contribution is -2.10. The van der Waals surface area contributed by atoms with E-state index in [0.29, 0.717) is 6.61 Å². The zero-order valence-corrected chi connectivity index (χ0v) is 8.67. The minimum Gasteiger partial charge on any atom is -0.374 e. The highest BCUT2D eigenvalue weighted by Crippen LogP contribution is 2.29. The third kappa shape index (κ3) is 3.34. The third-order valence-electron chi connectivity index (χ3n) is 1.97. The van der Waals surface area contributed by atoms with Gasteiger partial charge >= 0.3 is 6.18 Å². The number of hydrogen-bond donors (Lipinski definition) is 0. The molecule has 0 saturated heterocycles. The van der Waals surface area contributed by atoms with E-state index in [9.17, 15) is 18.0 Å². The molecule has 0 saturated carbocycles. The van der Waals surface area contributed by atoms with Crippen LogP contribution in [-0.4, -0.2) is 19.0 Å². The second-order valence-electron chi connectivity index (χ2n) is 3.14. The van der Waals surface area contributed by atoms with E-state index in [2.05, 4.69) is 0 Å². The van der Waals surface area contributed by atoms with E-state index in [1.54, 1.807) is 6.92 Å². The van der Waals surface area contributed by atoms with Crippen molar-refractivity contribution in [2.45, 2.75) is 13.1 Å². The summed E-state index contributed by atoms with van der Waals surface area (Å²) in [4.78, 5) is 11.4. The van der Waals surface area contributed by atoms with Crippen molar-refractivity contribution < 1.29 is 22.7 Å². The minimum absolute atomic E-state index is 0.109. The van der Waals surface area contributed by atoms with Gasteiger partial charge in [-0.15, -0.1) is 0 Å². The zero-order valence-electron chi connectivity index (χ0n) is 8.67. The highest BCUT2D eigenvalue weighted by molar-refractivity contribution is 5.97. The topological polar surface area (TPSA) is 26.3 Å². The molecule has 0 aliphatic carbocycles. The molecule has 0 amide bonds. The van der Waals surface area contributed by atoms with Crippen LogP contribution in [0.5, 0.6) is 0 Å². The largest absolute Gasteiger partial charge is 0.416 e. The van der Waals surface area contributed by atoms with Gasteiger partial charge in [-0.2, -0.15) is 13.2 Å². The van der Waals surface area contributed by atoms with Crippen molar-refractivity contribution in [1.82, 2.24) is 0 Å². The summed E-state index contributed by atoms with van der Waals surface area (Å²) in [6.07, 6.45) is -4.37. The molecule has 0 radical (unpaired) electrons. The van der Waals surface area contributed by atoms with Gasteiger partial charge < -0.3 is 4.74 Å². The molecule has 0 aromatic heterocycles. The maximum atomic E-state index is 12.2. The molecule has 1 aromatic rings. The predicted octanol–water partition coefficient (Wildman–Crippen LogP) is 2.92. The molecule has 0 unspecified atom stereocenters. The summed E-state index contributed by atoms with van der Waals surface area (Å²) in [6.45, 7) is 2.02. The second-order valence-corrected chi connectivity index (χ2v) is 3.14. The quantitative estimate of drug-likeness (QED) is 0.746. The molecule has 16 heavy (non-hydrogen) atoms. The lowest BCUT2D eigenvalue weighted by atomic mass is 10.1. The molecular weight excluding hydrogens is 221 g/mol. The number of Topliss-reactive ketones (excluding diaryl/α,β-unsaturated/α-hetero) is 1. The monoisotopic (exact) mass is 232 g/mol. The van der Waals surface area contributed by atoms with Crippen molar-refractivity contribution in [3.8, 4) is 0 Å². The Labute approximate surface area is 91.0 Å². The van der Waals surface area contributed by atoms with E-state index >= 15 is 0 Å². The van der Waals surface area contributed by atoms with Crippen LogP contribution in [0.1, 0.15) is 22.8 Å². The molecule has 0 bridgehead atoms. The molecule has 5 heteroatoms. The molecule has 0 spiro atoms. The lowest BCUT2D eigenvalue weighted by Gasteiger charge is -2.07. The fraction of sp³-hybridized carbons (Fsp3) is 0.364. The normalized spacial score (nSPS) is 11.5. The first kappa shape index (κ1) is 12.7. The molecule has 0 heterocycles. The first-order valence-corrected chi connectivity index (χ1v) is 4.73. The zero-order chi connectivity index (χ0) is 12.2. The van der Waals surface area contributed by atoms with Crippen LogP contribution < -0.4 is 0 Å². The number of hydrogen-bond acceptors (Lipinski definition) is 2.